The van der Waals surface area contributed by atoms with Crippen molar-refractivity contribution in [2.75, 3.05) is 13.1 Å². The number of hydrogen-bond donors (Lipinski definition) is 1. The van der Waals surface area contributed by atoms with Crippen molar-refractivity contribution in [3.05, 3.63) is 42.1 Å². The molecule has 1 aliphatic heterocycles. The van der Waals surface area contributed by atoms with Gasteiger partial charge in [-0.15, -0.1) is 0 Å². The number of rotatable bonds is 3. The second kappa shape index (κ2) is 4.54. The summed E-state index contributed by atoms with van der Waals surface area (Å²) in [5, 5.41) is 12.1. The number of benzene rings is 1. The van der Waals surface area contributed by atoms with Crippen LogP contribution in [0.4, 0.5) is 0 Å². The third-order valence-electron chi connectivity index (χ3n) is 4.68. The molecule has 1 aromatic heterocycles. The smallest absolute Gasteiger partial charge is 0.0826 e. The number of para-hydroxylation sites is 1. The van der Waals surface area contributed by atoms with E-state index in [9.17, 15) is 5.11 Å². The van der Waals surface area contributed by atoms with Gasteiger partial charge in [0.15, 0.2) is 0 Å². The van der Waals surface area contributed by atoms with Gasteiger partial charge in [-0.05, 0) is 37.0 Å². The Labute approximate surface area is 119 Å². The molecule has 20 heavy (non-hydrogen) atoms. The minimum absolute atomic E-state index is 0.563. The van der Waals surface area contributed by atoms with Crippen molar-refractivity contribution < 1.29 is 5.11 Å². The van der Waals surface area contributed by atoms with Gasteiger partial charge < -0.3 is 5.11 Å². The number of β-amino-alcohol motifs (C(OH)–C–C–N with tert-alkyl or cyclic N) is 1. The van der Waals surface area contributed by atoms with Crippen LogP contribution in [0.3, 0.4) is 0 Å². The van der Waals surface area contributed by atoms with Crippen molar-refractivity contribution in [2.45, 2.75) is 37.3 Å². The highest BCUT2D eigenvalue weighted by Gasteiger charge is 2.42. The summed E-state index contributed by atoms with van der Waals surface area (Å²) in [4.78, 5) is 6.86. The zero-order chi connectivity index (χ0) is 13.6. The lowest BCUT2D eigenvalue weighted by Gasteiger charge is -2.24. The fourth-order valence-corrected chi connectivity index (χ4v) is 3.45. The second-order valence-corrected chi connectivity index (χ2v) is 6.34. The molecule has 104 valence electrons. The molecule has 0 bridgehead atoms. The highest BCUT2D eigenvalue weighted by Crippen LogP contribution is 2.35. The molecule has 1 aliphatic carbocycles. The molecule has 2 heterocycles. The summed E-state index contributed by atoms with van der Waals surface area (Å²) in [6, 6.07) is 11.0. The molecular weight excluding hydrogens is 248 g/mol. The Bertz CT molecular complexity index is 632. The third kappa shape index (κ3) is 2.21. The van der Waals surface area contributed by atoms with E-state index in [1.165, 1.54) is 23.8 Å². The van der Waals surface area contributed by atoms with E-state index in [-0.39, 0.29) is 0 Å². The van der Waals surface area contributed by atoms with Crippen LogP contribution in [0.25, 0.3) is 10.9 Å². The van der Waals surface area contributed by atoms with Crippen molar-refractivity contribution in [3.63, 3.8) is 0 Å². The first-order valence-corrected chi connectivity index (χ1v) is 7.53. The molecule has 0 radical (unpaired) electrons. The minimum Gasteiger partial charge on any atom is -0.388 e. The lowest BCUT2D eigenvalue weighted by atomic mass is 9.92. The Balaban J connectivity index is 1.61. The molecule has 2 aromatic rings. The van der Waals surface area contributed by atoms with E-state index in [4.69, 9.17) is 0 Å². The highest BCUT2D eigenvalue weighted by molar-refractivity contribution is 5.81. The summed E-state index contributed by atoms with van der Waals surface area (Å²) < 4.78 is 0. The zero-order valence-corrected chi connectivity index (χ0v) is 11.6. The monoisotopic (exact) mass is 268 g/mol. The van der Waals surface area contributed by atoms with E-state index in [1.807, 2.05) is 24.4 Å². The van der Waals surface area contributed by atoms with Crippen LogP contribution in [0.2, 0.25) is 0 Å². The molecule has 1 saturated carbocycles. The maximum Gasteiger partial charge on any atom is 0.0826 e. The molecule has 3 heteroatoms. The number of aromatic nitrogens is 1. The van der Waals surface area contributed by atoms with Gasteiger partial charge in [0.2, 0.25) is 0 Å². The first-order valence-electron chi connectivity index (χ1n) is 7.53. The van der Waals surface area contributed by atoms with E-state index in [1.54, 1.807) is 0 Å². The fourth-order valence-electron chi connectivity index (χ4n) is 3.45. The van der Waals surface area contributed by atoms with Crippen LogP contribution >= 0.6 is 0 Å². The molecule has 1 saturated heterocycles. The second-order valence-electron chi connectivity index (χ2n) is 6.34. The molecule has 1 N–H and O–H groups in total. The minimum atomic E-state index is -0.563. The summed E-state index contributed by atoms with van der Waals surface area (Å²) >= 11 is 0. The van der Waals surface area contributed by atoms with Gasteiger partial charge in [0.25, 0.3) is 0 Å². The van der Waals surface area contributed by atoms with Crippen LogP contribution in [-0.2, 0) is 6.42 Å². The Hall–Kier alpha value is -1.45. The Kier molecular flexibility index (Phi) is 2.79. The quantitative estimate of drug-likeness (QED) is 0.928. The maximum atomic E-state index is 10.9. The molecule has 0 amide bonds. The molecular formula is C17H20N2O. The Morgan fingerprint density at radius 3 is 2.95 bits per heavy atom. The summed E-state index contributed by atoms with van der Waals surface area (Å²) in [6.45, 7) is 1.87. The first kappa shape index (κ1) is 12.3. The standard InChI is InChI=1S/C17H20N2O/c20-17(8-10-19(12-17)14-5-6-14)11-13-7-9-18-16-4-2-1-3-15(13)16/h1-4,7,9,14,20H,5-6,8,10-12H2. The van der Waals surface area contributed by atoms with Crippen LogP contribution < -0.4 is 0 Å². The summed E-state index contributed by atoms with van der Waals surface area (Å²) in [5.41, 5.74) is 1.67. The van der Waals surface area contributed by atoms with Crippen molar-refractivity contribution in [3.8, 4) is 0 Å². The van der Waals surface area contributed by atoms with Crippen LogP contribution in [0, 0.1) is 0 Å². The topological polar surface area (TPSA) is 36.4 Å². The SMILES string of the molecule is OC1(Cc2ccnc3ccccc23)CCN(C2CC2)C1. The molecule has 1 atom stereocenters. The normalized spacial score (nSPS) is 27.2. The van der Waals surface area contributed by atoms with Gasteiger partial charge in [-0.1, -0.05) is 18.2 Å². The lowest BCUT2D eigenvalue weighted by Crippen LogP contribution is -2.36. The van der Waals surface area contributed by atoms with E-state index >= 15 is 0 Å². The van der Waals surface area contributed by atoms with E-state index in [0.29, 0.717) is 0 Å². The number of pyridine rings is 1. The van der Waals surface area contributed by atoms with Crippen LogP contribution in [0.1, 0.15) is 24.8 Å². The average Bonchev–Trinajstić information content (AvgIpc) is 3.23. The van der Waals surface area contributed by atoms with Gasteiger partial charge in [-0.2, -0.15) is 0 Å². The number of nitrogens with zero attached hydrogens (tertiary/aromatic N) is 2. The lowest BCUT2D eigenvalue weighted by molar-refractivity contribution is 0.0490. The van der Waals surface area contributed by atoms with Crippen LogP contribution in [0.5, 0.6) is 0 Å². The van der Waals surface area contributed by atoms with Gasteiger partial charge in [-0.25, -0.2) is 0 Å². The number of fused-ring (bicyclic) bond motifs is 1. The maximum absolute atomic E-state index is 10.9. The summed E-state index contributed by atoms with van der Waals surface area (Å²) in [6.07, 6.45) is 6.11. The molecule has 2 aliphatic rings. The predicted octanol–water partition coefficient (Wildman–Crippen LogP) is 2.38. The van der Waals surface area contributed by atoms with E-state index in [2.05, 4.69) is 22.0 Å². The van der Waals surface area contributed by atoms with Crippen LogP contribution in [-0.4, -0.2) is 39.7 Å². The van der Waals surface area contributed by atoms with E-state index < -0.39 is 5.60 Å². The summed E-state index contributed by atoms with van der Waals surface area (Å²) in [7, 11) is 0. The highest BCUT2D eigenvalue weighted by atomic mass is 16.3. The Morgan fingerprint density at radius 2 is 2.10 bits per heavy atom. The zero-order valence-electron chi connectivity index (χ0n) is 11.6. The molecule has 2 fully saturated rings. The largest absolute Gasteiger partial charge is 0.388 e. The van der Waals surface area contributed by atoms with Crippen molar-refractivity contribution in [1.82, 2.24) is 9.88 Å². The first-order chi connectivity index (χ1) is 9.73. The predicted molar refractivity (Wildman–Crippen MR) is 79.6 cm³/mol. The fraction of sp³-hybridized carbons (Fsp3) is 0.471. The van der Waals surface area contributed by atoms with Gasteiger partial charge in [0.05, 0.1) is 11.1 Å². The van der Waals surface area contributed by atoms with Gasteiger partial charge in [-0.3, -0.25) is 9.88 Å². The van der Waals surface area contributed by atoms with Gasteiger partial charge in [0.1, 0.15) is 0 Å². The number of hydrogen-bond acceptors (Lipinski definition) is 3. The van der Waals surface area contributed by atoms with Crippen LogP contribution in [0.15, 0.2) is 36.5 Å². The van der Waals surface area contributed by atoms with Crippen molar-refractivity contribution in [2.24, 2.45) is 0 Å². The molecule has 1 aromatic carbocycles. The Morgan fingerprint density at radius 1 is 1.25 bits per heavy atom. The number of aliphatic hydroxyl groups is 1. The van der Waals surface area contributed by atoms with Crippen molar-refractivity contribution >= 4 is 10.9 Å². The molecule has 4 rings (SSSR count). The van der Waals surface area contributed by atoms with E-state index in [0.717, 1.165) is 37.5 Å². The van der Waals surface area contributed by atoms with Gasteiger partial charge in [0, 0.05) is 37.1 Å². The number of likely N-dealkylation sites (tertiary alicyclic amines) is 1. The van der Waals surface area contributed by atoms with Crippen molar-refractivity contribution in [1.29, 1.82) is 0 Å². The third-order valence-corrected chi connectivity index (χ3v) is 4.68. The molecule has 1 unspecified atom stereocenters. The summed E-state index contributed by atoms with van der Waals surface area (Å²) in [5.74, 6) is 0. The molecule has 0 spiro atoms. The molecule has 3 nitrogen and oxygen atoms in total. The average molecular weight is 268 g/mol. The van der Waals surface area contributed by atoms with Gasteiger partial charge >= 0.3 is 0 Å².